The van der Waals surface area contributed by atoms with Gasteiger partial charge < -0.3 is 5.32 Å². The molecule has 86 valence electrons. The topological polar surface area (TPSA) is 12.0 Å². The number of rotatable bonds is 1. The maximum Gasteiger partial charge on any atom is 0.0517 e. The van der Waals surface area contributed by atoms with Crippen LogP contribution < -0.4 is 5.32 Å². The van der Waals surface area contributed by atoms with E-state index in [1.165, 1.54) is 23.2 Å². The Kier molecular flexibility index (Phi) is 2.89. The lowest BCUT2D eigenvalue weighted by atomic mass is 9.93. The Bertz CT molecular complexity index is 519. The van der Waals surface area contributed by atoms with Crippen LogP contribution in [0.25, 0.3) is 0 Å². The van der Waals surface area contributed by atoms with Crippen molar-refractivity contribution in [2.24, 2.45) is 0 Å². The van der Waals surface area contributed by atoms with Crippen molar-refractivity contribution in [3.05, 3.63) is 64.1 Å². The van der Waals surface area contributed by atoms with Crippen molar-refractivity contribution in [2.45, 2.75) is 18.9 Å². The molecule has 17 heavy (non-hydrogen) atoms. The number of halogens is 1. The molecule has 1 heterocycles. The number of aryl methyl sites for hydroxylation is 1. The van der Waals surface area contributed by atoms with Gasteiger partial charge in [-0.25, -0.2) is 0 Å². The Balaban J connectivity index is 1.86. The quantitative estimate of drug-likeness (QED) is 0.811. The average molecular weight is 288 g/mol. The van der Waals surface area contributed by atoms with E-state index in [0.717, 1.165) is 10.9 Å². The molecule has 1 atom stereocenters. The summed E-state index contributed by atoms with van der Waals surface area (Å²) in [6, 6.07) is 17.6. The van der Waals surface area contributed by atoms with Crippen LogP contribution in [-0.2, 0) is 6.42 Å². The molecule has 0 radical (unpaired) electrons. The van der Waals surface area contributed by atoms with Gasteiger partial charge in [0, 0.05) is 10.2 Å². The molecule has 1 aliphatic rings. The molecule has 2 heteroatoms. The highest BCUT2D eigenvalue weighted by Gasteiger charge is 2.18. The van der Waals surface area contributed by atoms with Crippen molar-refractivity contribution in [1.29, 1.82) is 0 Å². The summed E-state index contributed by atoms with van der Waals surface area (Å²) in [6.07, 6.45) is 2.32. The first kappa shape index (κ1) is 10.8. The third-order valence-electron chi connectivity index (χ3n) is 3.32. The highest BCUT2D eigenvalue weighted by Crippen LogP contribution is 2.32. The number of para-hydroxylation sites is 1. The summed E-state index contributed by atoms with van der Waals surface area (Å²) in [7, 11) is 0. The smallest absolute Gasteiger partial charge is 0.0517 e. The Morgan fingerprint density at radius 2 is 1.76 bits per heavy atom. The SMILES string of the molecule is Brc1ccc([C@H]2CCc3ccccc3N2)cc1. The summed E-state index contributed by atoms with van der Waals surface area (Å²) in [5.74, 6) is 0. The summed E-state index contributed by atoms with van der Waals surface area (Å²) in [6.45, 7) is 0. The van der Waals surface area contributed by atoms with Crippen molar-refractivity contribution in [3.8, 4) is 0 Å². The molecular formula is C15H14BrN. The Hall–Kier alpha value is -1.28. The zero-order valence-corrected chi connectivity index (χ0v) is 11.1. The second kappa shape index (κ2) is 4.53. The number of hydrogen-bond donors (Lipinski definition) is 1. The highest BCUT2D eigenvalue weighted by molar-refractivity contribution is 9.10. The van der Waals surface area contributed by atoms with Crippen LogP contribution in [0, 0.1) is 0 Å². The van der Waals surface area contributed by atoms with Crippen LogP contribution in [0.4, 0.5) is 5.69 Å². The number of benzene rings is 2. The summed E-state index contributed by atoms with van der Waals surface area (Å²) >= 11 is 3.47. The van der Waals surface area contributed by atoms with Crippen LogP contribution in [0.2, 0.25) is 0 Å². The number of nitrogens with one attached hydrogen (secondary N) is 1. The van der Waals surface area contributed by atoms with Crippen molar-refractivity contribution < 1.29 is 0 Å². The first-order chi connectivity index (χ1) is 8.33. The van der Waals surface area contributed by atoms with Gasteiger partial charge in [-0.1, -0.05) is 46.3 Å². The van der Waals surface area contributed by atoms with Crippen LogP contribution in [-0.4, -0.2) is 0 Å². The lowest BCUT2D eigenvalue weighted by Gasteiger charge is -2.27. The molecular weight excluding hydrogens is 274 g/mol. The Morgan fingerprint density at radius 1 is 1.00 bits per heavy atom. The van der Waals surface area contributed by atoms with Crippen LogP contribution in [0.15, 0.2) is 53.0 Å². The van der Waals surface area contributed by atoms with Crippen molar-refractivity contribution >= 4 is 21.6 Å². The zero-order valence-electron chi connectivity index (χ0n) is 9.49. The van der Waals surface area contributed by atoms with Crippen LogP contribution in [0.5, 0.6) is 0 Å². The summed E-state index contributed by atoms with van der Waals surface area (Å²) in [5, 5.41) is 3.62. The largest absolute Gasteiger partial charge is 0.378 e. The number of fused-ring (bicyclic) bond motifs is 1. The monoisotopic (exact) mass is 287 g/mol. The van der Waals surface area contributed by atoms with E-state index in [4.69, 9.17) is 0 Å². The fourth-order valence-electron chi connectivity index (χ4n) is 2.38. The Labute approximate surface area is 110 Å². The lowest BCUT2D eigenvalue weighted by molar-refractivity contribution is 0.668. The normalized spacial score (nSPS) is 18.3. The minimum atomic E-state index is 0.443. The van der Waals surface area contributed by atoms with E-state index in [9.17, 15) is 0 Å². The van der Waals surface area contributed by atoms with E-state index in [1.54, 1.807) is 0 Å². The second-order valence-electron chi connectivity index (χ2n) is 4.44. The minimum Gasteiger partial charge on any atom is -0.378 e. The number of anilines is 1. The molecule has 0 saturated carbocycles. The van der Waals surface area contributed by atoms with E-state index in [2.05, 4.69) is 69.8 Å². The zero-order chi connectivity index (χ0) is 11.7. The van der Waals surface area contributed by atoms with Gasteiger partial charge in [0.05, 0.1) is 6.04 Å². The van der Waals surface area contributed by atoms with Gasteiger partial charge >= 0.3 is 0 Å². The summed E-state index contributed by atoms with van der Waals surface area (Å²) in [5.41, 5.74) is 4.08. The third-order valence-corrected chi connectivity index (χ3v) is 3.85. The fraction of sp³-hybridized carbons (Fsp3) is 0.200. The molecule has 0 spiro atoms. The maximum absolute atomic E-state index is 3.62. The van der Waals surface area contributed by atoms with Gasteiger partial charge in [-0.05, 0) is 42.2 Å². The van der Waals surface area contributed by atoms with E-state index >= 15 is 0 Å². The van der Waals surface area contributed by atoms with Crippen molar-refractivity contribution in [2.75, 3.05) is 5.32 Å². The average Bonchev–Trinajstić information content (AvgIpc) is 2.39. The Morgan fingerprint density at radius 3 is 2.59 bits per heavy atom. The molecule has 0 aliphatic carbocycles. The van der Waals surface area contributed by atoms with Gasteiger partial charge in [-0.3, -0.25) is 0 Å². The van der Waals surface area contributed by atoms with Gasteiger partial charge in [0.1, 0.15) is 0 Å². The van der Waals surface area contributed by atoms with Crippen LogP contribution in [0.1, 0.15) is 23.6 Å². The van der Waals surface area contributed by atoms with Gasteiger partial charge in [-0.15, -0.1) is 0 Å². The first-order valence-corrected chi connectivity index (χ1v) is 6.72. The molecule has 0 fully saturated rings. The predicted molar refractivity (Wildman–Crippen MR) is 75.3 cm³/mol. The molecule has 1 aliphatic heterocycles. The first-order valence-electron chi connectivity index (χ1n) is 5.93. The van der Waals surface area contributed by atoms with E-state index in [1.807, 2.05) is 0 Å². The molecule has 0 saturated heterocycles. The molecule has 1 N–H and O–H groups in total. The van der Waals surface area contributed by atoms with Crippen molar-refractivity contribution in [1.82, 2.24) is 0 Å². The number of hydrogen-bond acceptors (Lipinski definition) is 1. The van der Waals surface area contributed by atoms with Gasteiger partial charge in [0.25, 0.3) is 0 Å². The molecule has 1 nitrogen and oxygen atoms in total. The molecule has 3 rings (SSSR count). The van der Waals surface area contributed by atoms with E-state index in [-0.39, 0.29) is 0 Å². The van der Waals surface area contributed by atoms with Crippen LogP contribution >= 0.6 is 15.9 Å². The second-order valence-corrected chi connectivity index (χ2v) is 5.36. The molecule has 0 bridgehead atoms. The fourth-order valence-corrected chi connectivity index (χ4v) is 2.65. The highest BCUT2D eigenvalue weighted by atomic mass is 79.9. The van der Waals surface area contributed by atoms with Gasteiger partial charge in [-0.2, -0.15) is 0 Å². The molecule has 0 unspecified atom stereocenters. The lowest BCUT2D eigenvalue weighted by Crippen LogP contribution is -2.17. The van der Waals surface area contributed by atoms with Crippen LogP contribution in [0.3, 0.4) is 0 Å². The molecule has 2 aromatic carbocycles. The van der Waals surface area contributed by atoms with Gasteiger partial charge in [0.2, 0.25) is 0 Å². The predicted octanol–water partition coefficient (Wildman–Crippen LogP) is 4.55. The molecule has 2 aromatic rings. The molecule has 0 aromatic heterocycles. The third kappa shape index (κ3) is 2.22. The van der Waals surface area contributed by atoms with E-state index < -0.39 is 0 Å². The van der Waals surface area contributed by atoms with Crippen molar-refractivity contribution in [3.63, 3.8) is 0 Å². The van der Waals surface area contributed by atoms with Gasteiger partial charge in [0.15, 0.2) is 0 Å². The maximum atomic E-state index is 3.62. The minimum absolute atomic E-state index is 0.443. The molecule has 0 amide bonds. The summed E-state index contributed by atoms with van der Waals surface area (Å²) in [4.78, 5) is 0. The summed E-state index contributed by atoms with van der Waals surface area (Å²) < 4.78 is 1.14. The standard InChI is InChI=1S/C15H14BrN/c16-13-8-5-12(6-9-13)15-10-7-11-3-1-2-4-14(11)17-15/h1-6,8-9,15,17H,7,10H2/t15-/m1/s1. The van der Waals surface area contributed by atoms with E-state index in [0.29, 0.717) is 6.04 Å².